The van der Waals surface area contributed by atoms with Gasteiger partial charge in [-0.25, -0.2) is 0 Å². The summed E-state index contributed by atoms with van der Waals surface area (Å²) in [7, 11) is 0. The molecule has 0 aromatic rings. The molecular formula is C11H13N. The quantitative estimate of drug-likeness (QED) is 0.569. The van der Waals surface area contributed by atoms with Crippen molar-refractivity contribution in [1.82, 2.24) is 0 Å². The minimum atomic E-state index is 1.05. The first-order valence-corrected chi connectivity index (χ1v) is 4.51. The second kappa shape index (κ2) is 3.10. The van der Waals surface area contributed by atoms with Gasteiger partial charge in [0.15, 0.2) is 0 Å². The van der Waals surface area contributed by atoms with Gasteiger partial charge in [0.25, 0.3) is 0 Å². The van der Waals surface area contributed by atoms with Crippen LogP contribution < -0.4 is 0 Å². The average Bonchev–Trinajstić information content (AvgIpc) is 2.17. The molecule has 12 heavy (non-hydrogen) atoms. The van der Waals surface area contributed by atoms with Crippen LogP contribution in [0.3, 0.4) is 0 Å². The lowest BCUT2D eigenvalue weighted by molar-refractivity contribution is 0.891. The number of hydrogen-bond acceptors (Lipinski definition) is 1. The highest BCUT2D eigenvalue weighted by Gasteiger charge is 2.13. The van der Waals surface area contributed by atoms with Gasteiger partial charge in [-0.1, -0.05) is 18.2 Å². The van der Waals surface area contributed by atoms with Gasteiger partial charge in [0.1, 0.15) is 0 Å². The number of allylic oxidation sites excluding steroid dienone is 6. The summed E-state index contributed by atoms with van der Waals surface area (Å²) in [6, 6.07) is 0. The van der Waals surface area contributed by atoms with E-state index in [1.807, 2.05) is 0 Å². The Labute approximate surface area is 73.0 Å². The molecule has 0 spiro atoms. The van der Waals surface area contributed by atoms with Crippen LogP contribution in [0.15, 0.2) is 34.9 Å². The first-order chi connectivity index (χ1) is 5.92. The fourth-order valence-corrected chi connectivity index (χ4v) is 1.89. The smallest absolute Gasteiger partial charge is 0.0216 e. The van der Waals surface area contributed by atoms with E-state index >= 15 is 0 Å². The normalized spacial score (nSPS) is 21.8. The van der Waals surface area contributed by atoms with Crippen molar-refractivity contribution in [2.45, 2.75) is 25.7 Å². The van der Waals surface area contributed by atoms with Crippen molar-refractivity contribution in [2.24, 2.45) is 0 Å². The van der Waals surface area contributed by atoms with Crippen LogP contribution in [0.25, 0.3) is 0 Å². The lowest BCUT2D eigenvalue weighted by Crippen LogP contribution is -2.03. The molecule has 0 aliphatic heterocycles. The molecule has 0 amide bonds. The van der Waals surface area contributed by atoms with Crippen LogP contribution in [0.1, 0.15) is 25.7 Å². The predicted octanol–water partition coefficient (Wildman–Crippen LogP) is 3.00. The molecular weight excluding hydrogens is 146 g/mol. The minimum absolute atomic E-state index is 1.05. The van der Waals surface area contributed by atoms with Crippen LogP contribution in [0.2, 0.25) is 0 Å². The van der Waals surface area contributed by atoms with Crippen molar-refractivity contribution in [3.8, 4) is 0 Å². The van der Waals surface area contributed by atoms with E-state index in [9.17, 15) is 0 Å². The van der Waals surface area contributed by atoms with Crippen molar-refractivity contribution in [3.63, 3.8) is 0 Å². The molecule has 0 aromatic carbocycles. The Morgan fingerprint density at radius 1 is 1.25 bits per heavy atom. The van der Waals surface area contributed by atoms with Gasteiger partial charge in [0.2, 0.25) is 0 Å². The Balaban J connectivity index is 2.45. The van der Waals surface area contributed by atoms with Crippen molar-refractivity contribution >= 4 is 6.21 Å². The van der Waals surface area contributed by atoms with E-state index in [4.69, 9.17) is 5.41 Å². The van der Waals surface area contributed by atoms with E-state index in [-0.39, 0.29) is 0 Å². The highest BCUT2D eigenvalue weighted by atomic mass is 14.3. The molecule has 1 heteroatoms. The Morgan fingerprint density at radius 2 is 2.17 bits per heavy atom. The number of nitrogens with one attached hydrogen (secondary N) is 1. The lowest BCUT2D eigenvalue weighted by atomic mass is 9.85. The molecule has 0 aromatic heterocycles. The van der Waals surface area contributed by atoms with Crippen molar-refractivity contribution in [1.29, 1.82) is 5.41 Å². The topological polar surface area (TPSA) is 23.9 Å². The van der Waals surface area contributed by atoms with Gasteiger partial charge in [0.05, 0.1) is 0 Å². The zero-order valence-corrected chi connectivity index (χ0v) is 7.14. The van der Waals surface area contributed by atoms with Gasteiger partial charge in [-0.05, 0) is 42.4 Å². The number of rotatable bonds is 1. The third-order valence-electron chi connectivity index (χ3n) is 2.54. The third-order valence-corrected chi connectivity index (χ3v) is 2.54. The minimum Gasteiger partial charge on any atom is -0.308 e. The summed E-state index contributed by atoms with van der Waals surface area (Å²) < 4.78 is 0. The van der Waals surface area contributed by atoms with E-state index in [1.165, 1.54) is 35.8 Å². The van der Waals surface area contributed by atoms with Gasteiger partial charge in [0, 0.05) is 6.21 Å². The summed E-state index contributed by atoms with van der Waals surface area (Å²) in [5.41, 5.74) is 3.99. The zero-order chi connectivity index (χ0) is 8.39. The van der Waals surface area contributed by atoms with E-state index in [1.54, 1.807) is 0 Å². The maximum Gasteiger partial charge on any atom is 0.0216 e. The second-order valence-corrected chi connectivity index (χ2v) is 3.29. The van der Waals surface area contributed by atoms with Gasteiger partial charge in [-0.2, -0.15) is 0 Å². The molecule has 1 nitrogen and oxygen atoms in total. The molecule has 0 saturated heterocycles. The monoisotopic (exact) mass is 159 g/mol. The van der Waals surface area contributed by atoms with Crippen LogP contribution in [0.4, 0.5) is 0 Å². The van der Waals surface area contributed by atoms with E-state index in [0.29, 0.717) is 0 Å². The van der Waals surface area contributed by atoms with Crippen molar-refractivity contribution in [3.05, 3.63) is 34.9 Å². The Morgan fingerprint density at radius 3 is 3.00 bits per heavy atom. The predicted molar refractivity (Wildman–Crippen MR) is 51.5 cm³/mol. The molecule has 0 radical (unpaired) electrons. The average molecular weight is 159 g/mol. The van der Waals surface area contributed by atoms with Gasteiger partial charge in [-0.3, -0.25) is 0 Å². The summed E-state index contributed by atoms with van der Waals surface area (Å²) in [6.07, 6.45) is 12.7. The molecule has 0 bridgehead atoms. The first-order valence-electron chi connectivity index (χ1n) is 4.51. The summed E-state index contributed by atoms with van der Waals surface area (Å²) in [4.78, 5) is 0. The van der Waals surface area contributed by atoms with Gasteiger partial charge < -0.3 is 5.41 Å². The Kier molecular flexibility index (Phi) is 1.94. The fourth-order valence-electron chi connectivity index (χ4n) is 1.89. The highest BCUT2D eigenvalue weighted by Crippen LogP contribution is 2.31. The molecule has 0 fully saturated rings. The molecule has 0 atom stereocenters. The molecule has 2 aliphatic rings. The molecule has 0 unspecified atom stereocenters. The molecule has 2 aliphatic carbocycles. The summed E-state index contributed by atoms with van der Waals surface area (Å²) in [5, 5.41) is 7.28. The van der Waals surface area contributed by atoms with E-state index in [0.717, 1.165) is 12.8 Å². The van der Waals surface area contributed by atoms with Crippen LogP contribution in [0.5, 0.6) is 0 Å². The molecule has 0 saturated carbocycles. The van der Waals surface area contributed by atoms with Crippen LogP contribution >= 0.6 is 0 Å². The molecule has 2 rings (SSSR count). The molecule has 62 valence electrons. The maximum absolute atomic E-state index is 7.28. The second-order valence-electron chi connectivity index (χ2n) is 3.29. The van der Waals surface area contributed by atoms with Crippen LogP contribution in [-0.4, -0.2) is 6.21 Å². The molecule has 1 N–H and O–H groups in total. The van der Waals surface area contributed by atoms with Crippen LogP contribution in [0, 0.1) is 5.41 Å². The van der Waals surface area contributed by atoms with Gasteiger partial charge >= 0.3 is 0 Å². The third kappa shape index (κ3) is 1.15. The van der Waals surface area contributed by atoms with Crippen molar-refractivity contribution < 1.29 is 0 Å². The number of hydrogen-bond donors (Lipinski definition) is 1. The Bertz CT molecular complexity index is 292. The summed E-state index contributed by atoms with van der Waals surface area (Å²) in [6.45, 7) is 0. The maximum atomic E-state index is 7.28. The van der Waals surface area contributed by atoms with Gasteiger partial charge in [-0.15, -0.1) is 0 Å². The first kappa shape index (κ1) is 7.53. The summed E-state index contributed by atoms with van der Waals surface area (Å²) >= 11 is 0. The SMILES string of the molecule is N=CC1=C2C=CCCC2=CCC1. The van der Waals surface area contributed by atoms with Crippen LogP contribution in [-0.2, 0) is 0 Å². The summed E-state index contributed by atoms with van der Waals surface area (Å²) in [5.74, 6) is 0. The highest BCUT2D eigenvalue weighted by molar-refractivity contribution is 5.80. The van der Waals surface area contributed by atoms with E-state index < -0.39 is 0 Å². The number of fused-ring (bicyclic) bond motifs is 1. The largest absolute Gasteiger partial charge is 0.308 e. The fraction of sp³-hybridized carbons (Fsp3) is 0.364. The zero-order valence-electron chi connectivity index (χ0n) is 7.14. The lowest BCUT2D eigenvalue weighted by Gasteiger charge is -2.19. The standard InChI is InChI=1S/C11H13N/c12-8-10-6-3-5-9-4-1-2-7-11(9)10/h2,5,7-8,12H,1,3-4,6H2. The van der Waals surface area contributed by atoms with Crippen molar-refractivity contribution in [2.75, 3.05) is 0 Å². The Hall–Kier alpha value is -1.11. The van der Waals surface area contributed by atoms with E-state index in [2.05, 4.69) is 18.2 Å². The molecule has 0 heterocycles.